The molecule has 0 saturated heterocycles. The molecule has 0 unspecified atom stereocenters. The summed E-state index contributed by atoms with van der Waals surface area (Å²) in [6.45, 7) is 0.0451. The van der Waals surface area contributed by atoms with Gasteiger partial charge in [-0.1, -0.05) is 24.1 Å². The maximum absolute atomic E-state index is 12.5. The van der Waals surface area contributed by atoms with E-state index in [0.717, 1.165) is 0 Å². The van der Waals surface area contributed by atoms with Gasteiger partial charge in [-0.25, -0.2) is 0 Å². The second kappa shape index (κ2) is 5.19. The van der Waals surface area contributed by atoms with E-state index in [1.165, 1.54) is 18.2 Å². The highest BCUT2D eigenvalue weighted by Crippen LogP contribution is 2.42. The number of ether oxygens (including phenoxy) is 3. The fraction of sp³-hybridized carbons (Fsp3) is 0.125. The van der Waals surface area contributed by atoms with Crippen molar-refractivity contribution in [1.82, 2.24) is 0 Å². The summed E-state index contributed by atoms with van der Waals surface area (Å²) in [7, 11) is 0. The van der Waals surface area contributed by atoms with Crippen LogP contribution in [0.25, 0.3) is 11.1 Å². The molecule has 0 bridgehead atoms. The quantitative estimate of drug-likeness (QED) is 0.786. The molecule has 0 saturated carbocycles. The van der Waals surface area contributed by atoms with E-state index in [0.29, 0.717) is 22.6 Å². The average molecular weight is 306 g/mol. The van der Waals surface area contributed by atoms with Crippen molar-refractivity contribution in [3.63, 3.8) is 0 Å². The SMILES string of the molecule is C#Cc1cc2c(cc1-c1ccccc1OC(F)(F)F)OCO2. The normalized spacial score (nSPS) is 12.8. The molecule has 2 aromatic carbocycles. The smallest absolute Gasteiger partial charge is 0.454 e. The summed E-state index contributed by atoms with van der Waals surface area (Å²) >= 11 is 0. The van der Waals surface area contributed by atoms with E-state index >= 15 is 0 Å². The van der Waals surface area contributed by atoms with E-state index < -0.39 is 6.36 Å². The van der Waals surface area contributed by atoms with E-state index in [-0.39, 0.29) is 18.1 Å². The second-order valence-corrected chi connectivity index (χ2v) is 4.44. The zero-order valence-corrected chi connectivity index (χ0v) is 11.1. The molecule has 0 amide bonds. The fourth-order valence-electron chi connectivity index (χ4n) is 2.19. The van der Waals surface area contributed by atoms with E-state index in [9.17, 15) is 13.2 Å². The molecule has 1 aliphatic rings. The molecule has 0 radical (unpaired) electrons. The third-order valence-electron chi connectivity index (χ3n) is 3.07. The lowest BCUT2D eigenvalue weighted by atomic mass is 9.98. The zero-order valence-electron chi connectivity index (χ0n) is 11.1. The molecule has 112 valence electrons. The minimum absolute atomic E-state index is 0.0451. The molecule has 0 N–H and O–H groups in total. The Morgan fingerprint density at radius 3 is 2.41 bits per heavy atom. The third kappa shape index (κ3) is 2.66. The third-order valence-corrected chi connectivity index (χ3v) is 3.07. The summed E-state index contributed by atoms with van der Waals surface area (Å²) in [6, 6.07) is 8.89. The molecule has 0 fully saturated rings. The zero-order chi connectivity index (χ0) is 15.7. The minimum Gasteiger partial charge on any atom is -0.454 e. The summed E-state index contributed by atoms with van der Waals surface area (Å²) in [5.41, 5.74) is 1.03. The lowest BCUT2D eigenvalue weighted by Gasteiger charge is -2.14. The largest absolute Gasteiger partial charge is 0.573 e. The van der Waals surface area contributed by atoms with Crippen molar-refractivity contribution >= 4 is 0 Å². The van der Waals surface area contributed by atoms with Crippen LogP contribution in [0, 0.1) is 12.3 Å². The van der Waals surface area contributed by atoms with Gasteiger partial charge in [-0.2, -0.15) is 0 Å². The highest BCUT2D eigenvalue weighted by molar-refractivity contribution is 5.79. The van der Waals surface area contributed by atoms with Crippen LogP contribution in [0.5, 0.6) is 17.2 Å². The highest BCUT2D eigenvalue weighted by atomic mass is 19.4. The van der Waals surface area contributed by atoms with Gasteiger partial charge in [0.2, 0.25) is 6.79 Å². The van der Waals surface area contributed by atoms with Crippen molar-refractivity contribution in [1.29, 1.82) is 0 Å². The summed E-state index contributed by atoms with van der Waals surface area (Å²) in [6.07, 6.45) is 0.661. The Balaban J connectivity index is 2.14. The van der Waals surface area contributed by atoms with Crippen molar-refractivity contribution < 1.29 is 27.4 Å². The summed E-state index contributed by atoms with van der Waals surface area (Å²) < 4.78 is 52.1. The summed E-state index contributed by atoms with van der Waals surface area (Å²) in [5, 5.41) is 0. The Bertz CT molecular complexity index is 760. The molecule has 0 aliphatic carbocycles. The number of rotatable bonds is 2. The van der Waals surface area contributed by atoms with Crippen LogP contribution in [0.15, 0.2) is 36.4 Å². The Hall–Kier alpha value is -2.81. The average Bonchev–Trinajstić information content (AvgIpc) is 2.92. The van der Waals surface area contributed by atoms with E-state index in [2.05, 4.69) is 10.7 Å². The maximum Gasteiger partial charge on any atom is 0.573 e. The number of terminal acetylenes is 1. The first-order valence-corrected chi connectivity index (χ1v) is 6.23. The lowest BCUT2D eigenvalue weighted by Crippen LogP contribution is -2.17. The molecule has 3 nitrogen and oxygen atoms in total. The predicted molar refractivity (Wildman–Crippen MR) is 72.6 cm³/mol. The molecular formula is C16H9F3O3. The van der Waals surface area contributed by atoms with Crippen molar-refractivity contribution in [2.75, 3.05) is 6.79 Å². The summed E-state index contributed by atoms with van der Waals surface area (Å²) in [4.78, 5) is 0. The minimum atomic E-state index is -4.79. The molecule has 6 heteroatoms. The fourth-order valence-corrected chi connectivity index (χ4v) is 2.19. The monoisotopic (exact) mass is 306 g/mol. The molecule has 22 heavy (non-hydrogen) atoms. The van der Waals surface area contributed by atoms with Crippen molar-refractivity contribution in [3.05, 3.63) is 42.0 Å². The Morgan fingerprint density at radius 1 is 1.05 bits per heavy atom. The Morgan fingerprint density at radius 2 is 1.73 bits per heavy atom. The highest BCUT2D eigenvalue weighted by Gasteiger charge is 2.32. The number of para-hydroxylation sites is 1. The first kappa shape index (κ1) is 14.1. The van der Waals surface area contributed by atoms with Crippen LogP contribution in [-0.4, -0.2) is 13.2 Å². The van der Waals surface area contributed by atoms with Crippen LogP contribution in [0.3, 0.4) is 0 Å². The number of halogens is 3. The van der Waals surface area contributed by atoms with Crippen LogP contribution in [-0.2, 0) is 0 Å². The number of hydrogen-bond acceptors (Lipinski definition) is 3. The number of hydrogen-bond donors (Lipinski definition) is 0. The first-order chi connectivity index (χ1) is 10.5. The Labute approximate surface area is 124 Å². The molecule has 1 heterocycles. The number of benzene rings is 2. The molecule has 1 aliphatic heterocycles. The van der Waals surface area contributed by atoms with Gasteiger partial charge >= 0.3 is 6.36 Å². The van der Waals surface area contributed by atoms with Crippen LogP contribution >= 0.6 is 0 Å². The molecular weight excluding hydrogens is 297 g/mol. The molecule has 0 aromatic heterocycles. The van der Waals surface area contributed by atoms with E-state index in [1.807, 2.05) is 0 Å². The van der Waals surface area contributed by atoms with Crippen molar-refractivity contribution in [2.45, 2.75) is 6.36 Å². The number of fused-ring (bicyclic) bond motifs is 1. The molecule has 2 aromatic rings. The van der Waals surface area contributed by atoms with Crippen molar-refractivity contribution in [3.8, 4) is 40.7 Å². The second-order valence-electron chi connectivity index (χ2n) is 4.44. The number of alkyl halides is 3. The molecule has 0 atom stereocenters. The van der Waals surface area contributed by atoms with Crippen LogP contribution in [0.1, 0.15) is 5.56 Å². The van der Waals surface area contributed by atoms with Gasteiger partial charge < -0.3 is 14.2 Å². The van der Waals surface area contributed by atoms with Crippen LogP contribution < -0.4 is 14.2 Å². The van der Waals surface area contributed by atoms with Gasteiger partial charge in [0.15, 0.2) is 11.5 Å². The summed E-state index contributed by atoms with van der Waals surface area (Å²) in [5.74, 6) is 3.00. The standard InChI is InChI=1S/C16H9F3O3/c1-2-10-7-14-15(21-9-20-14)8-12(10)11-5-3-4-6-13(11)22-16(17,18)19/h1,3-8H,9H2. The van der Waals surface area contributed by atoms with Gasteiger partial charge in [-0.15, -0.1) is 19.6 Å². The van der Waals surface area contributed by atoms with Gasteiger partial charge in [0.05, 0.1) is 0 Å². The predicted octanol–water partition coefficient (Wildman–Crippen LogP) is 3.96. The van der Waals surface area contributed by atoms with E-state index in [4.69, 9.17) is 15.9 Å². The first-order valence-electron chi connectivity index (χ1n) is 6.23. The lowest BCUT2D eigenvalue weighted by molar-refractivity contribution is -0.274. The van der Waals surface area contributed by atoms with Gasteiger partial charge in [0, 0.05) is 22.8 Å². The topological polar surface area (TPSA) is 27.7 Å². The van der Waals surface area contributed by atoms with Gasteiger partial charge in [-0.05, 0) is 12.1 Å². The van der Waals surface area contributed by atoms with Gasteiger partial charge in [0.25, 0.3) is 0 Å². The van der Waals surface area contributed by atoms with Gasteiger partial charge in [0.1, 0.15) is 5.75 Å². The van der Waals surface area contributed by atoms with Crippen LogP contribution in [0.4, 0.5) is 13.2 Å². The molecule has 3 rings (SSSR count). The molecule has 0 spiro atoms. The maximum atomic E-state index is 12.5. The van der Waals surface area contributed by atoms with Gasteiger partial charge in [-0.3, -0.25) is 0 Å². The van der Waals surface area contributed by atoms with Crippen molar-refractivity contribution in [2.24, 2.45) is 0 Å². The Kier molecular flexibility index (Phi) is 3.33. The van der Waals surface area contributed by atoms with Crippen LogP contribution in [0.2, 0.25) is 0 Å². The van der Waals surface area contributed by atoms with E-state index in [1.54, 1.807) is 18.2 Å².